The highest BCUT2D eigenvalue weighted by Gasteiger charge is 2.45. The molecule has 3 aliphatic rings. The molecule has 0 aliphatic carbocycles. The molecule has 1 unspecified atom stereocenters. The zero-order chi connectivity index (χ0) is 24.0. The van der Waals surface area contributed by atoms with Gasteiger partial charge in [0.25, 0.3) is 0 Å². The van der Waals surface area contributed by atoms with Crippen molar-refractivity contribution in [2.75, 3.05) is 52.1 Å². The fraction of sp³-hybridized carbons (Fsp3) is 0.480. The van der Waals surface area contributed by atoms with E-state index in [4.69, 9.17) is 28.7 Å². The second-order valence-corrected chi connectivity index (χ2v) is 9.40. The summed E-state index contributed by atoms with van der Waals surface area (Å²) in [5, 5.41) is 3.65. The number of nitrogens with one attached hydrogen (secondary N) is 2. The molecule has 0 radical (unpaired) electrons. The first kappa shape index (κ1) is 22.4. The van der Waals surface area contributed by atoms with Crippen molar-refractivity contribution in [1.82, 2.24) is 15.0 Å². The Hall–Kier alpha value is -3.05. The van der Waals surface area contributed by atoms with E-state index >= 15 is 0 Å². The van der Waals surface area contributed by atoms with Crippen molar-refractivity contribution in [3.05, 3.63) is 35.8 Å². The minimum absolute atomic E-state index is 0.177. The molecule has 3 aliphatic heterocycles. The van der Waals surface area contributed by atoms with E-state index in [0.29, 0.717) is 51.9 Å². The third kappa shape index (κ3) is 3.86. The summed E-state index contributed by atoms with van der Waals surface area (Å²) in [6.07, 6.45) is 5.06. The van der Waals surface area contributed by atoms with E-state index in [1.54, 1.807) is 13.3 Å². The number of hydrogen-bond donors (Lipinski definition) is 2. The number of methoxy groups -OCH3 is 1. The van der Waals surface area contributed by atoms with Crippen LogP contribution in [0, 0.1) is 0 Å². The fourth-order valence-corrected chi connectivity index (χ4v) is 4.98. The zero-order valence-electron chi connectivity index (χ0n) is 19.8. The van der Waals surface area contributed by atoms with E-state index < -0.39 is 11.2 Å². The molecule has 3 aromatic rings. The highest BCUT2D eigenvalue weighted by atomic mass is 16.6. The number of rotatable bonds is 6. The molecule has 35 heavy (non-hydrogen) atoms. The standard InChI is InChI=1S/C25H28N4O6/c1-15(30)28-22-7-17-18(9-26-20(17)10-27-22)19-8-21(34-13-24(31-2)11-33-12-24)16-3-5-35-25(23(16)29-19)4-6-32-14-25/h7-10,26H,3-6,11-14H2,1-2H3,(H,27,28,30). The molecule has 2 N–H and O–H groups in total. The van der Waals surface area contributed by atoms with Crippen LogP contribution in [-0.2, 0) is 35.8 Å². The zero-order valence-corrected chi connectivity index (χ0v) is 19.8. The number of pyridine rings is 2. The topological polar surface area (TPSA) is 117 Å². The van der Waals surface area contributed by atoms with Crippen LogP contribution in [0.5, 0.6) is 5.75 Å². The normalized spacial score (nSPS) is 22.7. The number of carbonyl (C=O) groups excluding carboxylic acids is 1. The van der Waals surface area contributed by atoms with Crippen molar-refractivity contribution in [2.24, 2.45) is 0 Å². The lowest BCUT2D eigenvalue weighted by Gasteiger charge is -2.40. The minimum atomic E-state index is -0.574. The molecule has 6 heterocycles. The molecule has 3 aromatic heterocycles. The van der Waals surface area contributed by atoms with Gasteiger partial charge in [-0.25, -0.2) is 9.97 Å². The smallest absolute Gasteiger partial charge is 0.222 e. The number of fused-ring (bicyclic) bond motifs is 3. The molecule has 1 amide bonds. The molecule has 2 fully saturated rings. The van der Waals surface area contributed by atoms with Crippen LogP contribution in [0.1, 0.15) is 24.6 Å². The third-order valence-corrected chi connectivity index (χ3v) is 7.03. The number of ether oxygens (including phenoxy) is 5. The van der Waals surface area contributed by atoms with Gasteiger partial charge in [0.15, 0.2) is 0 Å². The molecule has 184 valence electrons. The van der Waals surface area contributed by atoms with Gasteiger partial charge in [-0.05, 0) is 6.07 Å². The van der Waals surface area contributed by atoms with Gasteiger partial charge in [-0.15, -0.1) is 0 Å². The Balaban J connectivity index is 1.46. The van der Waals surface area contributed by atoms with Gasteiger partial charge in [-0.1, -0.05) is 0 Å². The van der Waals surface area contributed by atoms with E-state index in [0.717, 1.165) is 45.6 Å². The maximum atomic E-state index is 11.6. The van der Waals surface area contributed by atoms with Crippen LogP contribution in [0.25, 0.3) is 22.2 Å². The van der Waals surface area contributed by atoms with Crippen LogP contribution in [0.2, 0.25) is 0 Å². The van der Waals surface area contributed by atoms with Gasteiger partial charge in [0, 0.05) is 62.3 Å². The summed E-state index contributed by atoms with van der Waals surface area (Å²) < 4.78 is 29.5. The van der Waals surface area contributed by atoms with E-state index in [-0.39, 0.29) is 5.91 Å². The van der Waals surface area contributed by atoms with E-state index in [1.165, 1.54) is 6.92 Å². The van der Waals surface area contributed by atoms with Crippen molar-refractivity contribution in [1.29, 1.82) is 0 Å². The van der Waals surface area contributed by atoms with Gasteiger partial charge in [0.2, 0.25) is 5.91 Å². The highest BCUT2D eigenvalue weighted by Crippen LogP contribution is 2.44. The molecule has 1 atom stereocenters. The highest BCUT2D eigenvalue weighted by molar-refractivity contribution is 5.97. The first-order valence-electron chi connectivity index (χ1n) is 11.8. The van der Waals surface area contributed by atoms with E-state index in [9.17, 15) is 4.79 Å². The van der Waals surface area contributed by atoms with Crippen molar-refractivity contribution in [3.63, 3.8) is 0 Å². The number of aromatic amines is 1. The Morgan fingerprint density at radius 3 is 2.83 bits per heavy atom. The van der Waals surface area contributed by atoms with E-state index in [1.807, 2.05) is 18.3 Å². The van der Waals surface area contributed by atoms with Gasteiger partial charge in [0.1, 0.15) is 29.4 Å². The molecule has 0 aromatic carbocycles. The number of carbonyl (C=O) groups is 1. The number of nitrogens with zero attached hydrogens (tertiary/aromatic N) is 2. The fourth-order valence-electron chi connectivity index (χ4n) is 4.98. The van der Waals surface area contributed by atoms with Gasteiger partial charge in [0.05, 0.1) is 49.5 Å². The number of aromatic nitrogens is 3. The van der Waals surface area contributed by atoms with Crippen LogP contribution in [0.3, 0.4) is 0 Å². The van der Waals surface area contributed by atoms with E-state index in [2.05, 4.69) is 15.3 Å². The number of H-pyrrole nitrogens is 1. The first-order chi connectivity index (χ1) is 17.0. The number of anilines is 1. The Bertz CT molecular complexity index is 1270. The third-order valence-electron chi connectivity index (χ3n) is 7.03. The molecule has 10 nitrogen and oxygen atoms in total. The van der Waals surface area contributed by atoms with Crippen LogP contribution < -0.4 is 10.1 Å². The maximum Gasteiger partial charge on any atom is 0.222 e. The van der Waals surface area contributed by atoms with Crippen molar-refractivity contribution >= 4 is 22.6 Å². The maximum absolute atomic E-state index is 11.6. The number of amides is 1. The Kier molecular flexibility index (Phi) is 5.48. The van der Waals surface area contributed by atoms with Crippen LogP contribution in [0.15, 0.2) is 24.5 Å². The Labute approximate surface area is 202 Å². The summed E-state index contributed by atoms with van der Waals surface area (Å²) in [5.74, 6) is 1.08. The largest absolute Gasteiger partial charge is 0.490 e. The monoisotopic (exact) mass is 480 g/mol. The van der Waals surface area contributed by atoms with Crippen LogP contribution >= 0.6 is 0 Å². The molecule has 10 heteroatoms. The average molecular weight is 481 g/mol. The van der Waals surface area contributed by atoms with Crippen molar-refractivity contribution in [2.45, 2.75) is 31.0 Å². The molecule has 6 rings (SSSR count). The van der Waals surface area contributed by atoms with Gasteiger partial charge < -0.3 is 34.0 Å². The second kappa shape index (κ2) is 8.56. The summed E-state index contributed by atoms with van der Waals surface area (Å²) in [5.41, 5.74) is 3.39. The summed E-state index contributed by atoms with van der Waals surface area (Å²) in [6, 6.07) is 3.83. The number of hydrogen-bond acceptors (Lipinski definition) is 8. The molecular formula is C25H28N4O6. The van der Waals surface area contributed by atoms with Crippen LogP contribution in [0.4, 0.5) is 5.82 Å². The predicted molar refractivity (Wildman–Crippen MR) is 126 cm³/mol. The molecule has 1 spiro atoms. The molecule has 0 saturated carbocycles. The SMILES string of the molecule is COC1(COc2cc(-c3c[nH]c4cnc(NC(C)=O)cc34)nc3c2CCOC32CCOC2)COC1. The lowest BCUT2D eigenvalue weighted by molar-refractivity contribution is -0.208. The molecule has 2 saturated heterocycles. The molecular weight excluding hydrogens is 452 g/mol. The predicted octanol–water partition coefficient (Wildman–Crippen LogP) is 2.57. The van der Waals surface area contributed by atoms with Crippen molar-refractivity contribution < 1.29 is 28.5 Å². The van der Waals surface area contributed by atoms with Crippen molar-refractivity contribution in [3.8, 4) is 17.0 Å². The first-order valence-corrected chi connectivity index (χ1v) is 11.8. The summed E-state index contributed by atoms with van der Waals surface area (Å²) in [4.78, 5) is 24.3. The van der Waals surface area contributed by atoms with Crippen LogP contribution in [-0.4, -0.2) is 73.2 Å². The quantitative estimate of drug-likeness (QED) is 0.553. The molecule has 0 bridgehead atoms. The minimum Gasteiger partial charge on any atom is -0.490 e. The lowest BCUT2D eigenvalue weighted by Crippen LogP contribution is -2.55. The summed E-state index contributed by atoms with van der Waals surface area (Å²) >= 11 is 0. The summed E-state index contributed by atoms with van der Waals surface area (Å²) in [7, 11) is 1.69. The lowest BCUT2D eigenvalue weighted by atomic mass is 9.89. The summed E-state index contributed by atoms with van der Waals surface area (Å²) in [6.45, 7) is 4.54. The second-order valence-electron chi connectivity index (χ2n) is 9.40. The van der Waals surface area contributed by atoms with Gasteiger partial charge in [-0.3, -0.25) is 4.79 Å². The van der Waals surface area contributed by atoms with Gasteiger partial charge in [-0.2, -0.15) is 0 Å². The Morgan fingerprint density at radius 2 is 2.11 bits per heavy atom. The Morgan fingerprint density at radius 1 is 1.23 bits per heavy atom. The average Bonchev–Trinajstić information content (AvgIpc) is 3.46. The van der Waals surface area contributed by atoms with Gasteiger partial charge >= 0.3 is 0 Å².